The van der Waals surface area contributed by atoms with Gasteiger partial charge < -0.3 is 44.9 Å². The molecule has 5 saturated carbocycles. The van der Waals surface area contributed by atoms with Gasteiger partial charge >= 0.3 is 5.97 Å². The van der Waals surface area contributed by atoms with Crippen LogP contribution < -0.4 is 11.1 Å². The van der Waals surface area contributed by atoms with Crippen molar-refractivity contribution in [2.45, 2.75) is 87.6 Å². The number of carbonyl (C=O) groups excluding carboxylic acids is 3. The fraction of sp³-hybridized carbons (Fsp3) is 0.757. The van der Waals surface area contributed by atoms with Crippen LogP contribution in [0.2, 0.25) is 0 Å². The molecule has 0 radical (unpaired) electrons. The molecule has 7 bridgehead atoms. The van der Waals surface area contributed by atoms with Crippen LogP contribution in [0.25, 0.3) is 0 Å². The SMILES string of the molecule is CCN1C[C@@]2(COC(=O)c3ccccc3NC(=O)[C@H](C)CC(N)=O)CC[C@@H](OC)[C@]34[C@@H]5C[C@H]6[C@H](OC)[C@@H]5[C@](O)(C[C@@H]6OC)[C@](O)([C@H]13)[C@@H](OC)[C@@H]24. The maximum atomic E-state index is 14.0. The third-order valence-corrected chi connectivity index (χ3v) is 14.2. The van der Waals surface area contributed by atoms with Gasteiger partial charge in [-0.2, -0.15) is 0 Å². The van der Waals surface area contributed by atoms with Crippen LogP contribution in [0.4, 0.5) is 5.69 Å². The fourth-order valence-electron chi connectivity index (χ4n) is 12.7. The molecular weight excluding hydrogens is 646 g/mol. The van der Waals surface area contributed by atoms with Crippen LogP contribution >= 0.6 is 0 Å². The Morgan fingerprint density at radius 2 is 1.82 bits per heavy atom. The van der Waals surface area contributed by atoms with Gasteiger partial charge in [0, 0.05) is 82.3 Å². The van der Waals surface area contributed by atoms with Gasteiger partial charge in [0.15, 0.2) is 0 Å². The quantitative estimate of drug-likeness (QED) is 0.233. The number of aliphatic hydroxyl groups is 2. The lowest BCUT2D eigenvalue weighted by atomic mass is 9.42. The number of carbonyl (C=O) groups is 3. The highest BCUT2D eigenvalue weighted by molar-refractivity contribution is 6.02. The molecule has 1 saturated heterocycles. The Hall–Kier alpha value is -2.65. The maximum absolute atomic E-state index is 14.0. The minimum absolute atomic E-state index is 0.0402. The zero-order valence-corrected chi connectivity index (χ0v) is 29.9. The first kappa shape index (κ1) is 35.7. The Labute approximate surface area is 293 Å². The largest absolute Gasteiger partial charge is 0.461 e. The second-order valence-corrected chi connectivity index (χ2v) is 15.9. The summed E-state index contributed by atoms with van der Waals surface area (Å²) in [6, 6.07) is 6.16. The molecule has 7 rings (SSSR count). The molecule has 1 aromatic rings. The number of anilines is 1. The first-order valence-corrected chi connectivity index (χ1v) is 18.0. The van der Waals surface area contributed by atoms with Crippen LogP contribution in [0.1, 0.15) is 56.3 Å². The molecular formula is C37H53N3O10. The number of hydrogen-bond donors (Lipinski definition) is 4. The first-order valence-electron chi connectivity index (χ1n) is 18.0. The predicted molar refractivity (Wildman–Crippen MR) is 180 cm³/mol. The Bertz CT molecular complexity index is 1530. The zero-order valence-electron chi connectivity index (χ0n) is 29.9. The number of rotatable bonds is 12. The van der Waals surface area contributed by atoms with Gasteiger partial charge in [-0.25, -0.2) is 4.79 Å². The monoisotopic (exact) mass is 699 g/mol. The number of methoxy groups -OCH3 is 4. The topological polar surface area (TPSA) is 179 Å². The summed E-state index contributed by atoms with van der Waals surface area (Å²) in [6.07, 6.45) is 0.586. The molecule has 50 heavy (non-hydrogen) atoms. The summed E-state index contributed by atoms with van der Waals surface area (Å²) >= 11 is 0. The van der Waals surface area contributed by atoms with E-state index in [1.165, 1.54) is 0 Å². The number of ether oxygens (including phenoxy) is 5. The van der Waals surface area contributed by atoms with Crippen LogP contribution in [-0.2, 0) is 33.3 Å². The average Bonchev–Trinajstić information content (AvgIpc) is 3.52. The molecule has 1 aromatic carbocycles. The molecule has 1 heterocycles. The van der Waals surface area contributed by atoms with Crippen molar-refractivity contribution in [1.82, 2.24) is 4.90 Å². The van der Waals surface area contributed by atoms with E-state index in [-0.39, 0.29) is 72.7 Å². The number of para-hydroxylation sites is 1. The number of benzene rings is 1. The van der Waals surface area contributed by atoms with Crippen molar-refractivity contribution < 1.29 is 48.3 Å². The lowest BCUT2D eigenvalue weighted by molar-refractivity contribution is -0.320. The van der Waals surface area contributed by atoms with Gasteiger partial charge in [-0.15, -0.1) is 0 Å². The van der Waals surface area contributed by atoms with Crippen LogP contribution in [0.15, 0.2) is 24.3 Å². The lowest BCUT2D eigenvalue weighted by Crippen LogP contribution is -2.82. The zero-order chi connectivity index (χ0) is 36.0. The minimum atomic E-state index is -1.70. The summed E-state index contributed by atoms with van der Waals surface area (Å²) in [7, 11) is 6.69. The summed E-state index contributed by atoms with van der Waals surface area (Å²) in [5.41, 5.74) is 1.21. The van der Waals surface area contributed by atoms with Crippen LogP contribution in [-0.4, -0.2) is 123 Å². The molecule has 1 spiro atoms. The molecule has 5 N–H and O–H groups in total. The molecule has 14 atom stereocenters. The number of likely N-dealkylation sites (tertiary alicyclic amines) is 1. The number of nitrogens with zero attached hydrogens (tertiary/aromatic N) is 1. The predicted octanol–water partition coefficient (Wildman–Crippen LogP) is 1.59. The van der Waals surface area contributed by atoms with Gasteiger partial charge in [0.25, 0.3) is 0 Å². The van der Waals surface area contributed by atoms with Crippen molar-refractivity contribution in [3.8, 4) is 0 Å². The Balaban J connectivity index is 1.29. The van der Waals surface area contributed by atoms with Gasteiger partial charge in [-0.05, 0) is 43.9 Å². The van der Waals surface area contributed by atoms with E-state index in [1.807, 2.05) is 0 Å². The number of amides is 2. The van der Waals surface area contributed by atoms with Gasteiger partial charge in [-0.1, -0.05) is 26.0 Å². The number of fused-ring (bicyclic) bond motifs is 2. The maximum Gasteiger partial charge on any atom is 0.340 e. The second-order valence-electron chi connectivity index (χ2n) is 15.9. The highest BCUT2D eigenvalue weighted by Crippen LogP contribution is 2.80. The molecule has 5 aliphatic carbocycles. The molecule has 13 heteroatoms. The Morgan fingerprint density at radius 1 is 1.08 bits per heavy atom. The van der Waals surface area contributed by atoms with Gasteiger partial charge in [0.05, 0.1) is 48.3 Å². The number of nitrogens with one attached hydrogen (secondary N) is 1. The fourth-order valence-corrected chi connectivity index (χ4v) is 12.7. The van der Waals surface area contributed by atoms with E-state index in [0.717, 1.165) is 6.42 Å². The van der Waals surface area contributed by atoms with Crippen molar-refractivity contribution in [2.24, 2.45) is 46.2 Å². The average molecular weight is 700 g/mol. The highest BCUT2D eigenvalue weighted by Gasteiger charge is 2.91. The van der Waals surface area contributed by atoms with Gasteiger partial charge in [0.1, 0.15) is 11.2 Å². The van der Waals surface area contributed by atoms with E-state index in [1.54, 1.807) is 59.6 Å². The standard InChI is InChI=1S/C37H53N3O10/c1-7-40-17-34(18-50-32(43)20-10-8-9-11-23(20)39-31(42)19(2)14-26(38)41)13-12-25(47-4)36-22-15-21-24(46-3)16-35(44,27(22)28(21)48-5)37(45,33(36)40)30(49-6)29(34)36/h8-11,19,21-22,24-25,27-30,33,44-45H,7,12-18H2,1-6H3,(H2,38,41)(H,39,42)/t19-,21-,22-,24+,25-,27-,28+,29+,30+,33-,34-,35-,36+,37-/m1/s1. The van der Waals surface area contributed by atoms with E-state index in [9.17, 15) is 24.6 Å². The molecule has 2 amide bonds. The molecule has 0 unspecified atom stereocenters. The van der Waals surface area contributed by atoms with Crippen LogP contribution in [0.3, 0.4) is 0 Å². The second kappa shape index (κ2) is 12.5. The molecule has 6 aliphatic rings. The minimum Gasteiger partial charge on any atom is -0.461 e. The number of likely N-dealkylation sites (N-methyl/N-ethyl adjacent to an activating group) is 1. The molecule has 276 valence electrons. The summed E-state index contributed by atoms with van der Waals surface area (Å²) in [5, 5.41) is 29.3. The van der Waals surface area contributed by atoms with E-state index < -0.39 is 57.9 Å². The highest BCUT2D eigenvalue weighted by atomic mass is 16.5. The van der Waals surface area contributed by atoms with Crippen molar-refractivity contribution in [2.75, 3.05) is 53.5 Å². The van der Waals surface area contributed by atoms with Gasteiger partial charge in [0.2, 0.25) is 11.8 Å². The van der Waals surface area contributed by atoms with E-state index in [4.69, 9.17) is 29.4 Å². The molecule has 13 nitrogen and oxygen atoms in total. The summed E-state index contributed by atoms with van der Waals surface area (Å²) < 4.78 is 31.3. The number of hydrogen-bond acceptors (Lipinski definition) is 11. The van der Waals surface area contributed by atoms with Crippen LogP contribution in [0.5, 0.6) is 0 Å². The van der Waals surface area contributed by atoms with E-state index in [0.29, 0.717) is 25.9 Å². The van der Waals surface area contributed by atoms with Crippen molar-refractivity contribution >= 4 is 23.5 Å². The molecule has 6 fully saturated rings. The van der Waals surface area contributed by atoms with Gasteiger partial charge in [-0.3, -0.25) is 14.5 Å². The van der Waals surface area contributed by atoms with Crippen LogP contribution in [0, 0.1) is 40.4 Å². The summed E-state index contributed by atoms with van der Waals surface area (Å²) in [4.78, 5) is 40.5. The number of piperidine rings is 1. The Morgan fingerprint density at radius 3 is 2.46 bits per heavy atom. The van der Waals surface area contributed by atoms with Crippen molar-refractivity contribution in [3.05, 3.63) is 29.8 Å². The summed E-state index contributed by atoms with van der Waals surface area (Å²) in [5.74, 6) is -3.02. The number of esters is 1. The molecule has 1 aliphatic heterocycles. The third kappa shape index (κ3) is 4.46. The third-order valence-electron chi connectivity index (χ3n) is 14.2. The van der Waals surface area contributed by atoms with E-state index >= 15 is 0 Å². The summed E-state index contributed by atoms with van der Waals surface area (Å²) in [6.45, 7) is 4.84. The molecule has 0 aromatic heterocycles. The van der Waals surface area contributed by atoms with E-state index in [2.05, 4.69) is 17.1 Å². The normalized spacial score (nSPS) is 44.4. The number of primary amides is 1. The number of nitrogens with two attached hydrogens (primary N) is 1. The van der Waals surface area contributed by atoms with Crippen molar-refractivity contribution in [3.63, 3.8) is 0 Å². The lowest BCUT2D eigenvalue weighted by Gasteiger charge is -2.70. The smallest absolute Gasteiger partial charge is 0.340 e. The van der Waals surface area contributed by atoms with Crippen molar-refractivity contribution in [1.29, 1.82) is 0 Å². The Kier molecular flexibility index (Phi) is 8.93. The first-order chi connectivity index (χ1) is 23.8.